The van der Waals surface area contributed by atoms with Crippen molar-refractivity contribution in [2.75, 3.05) is 11.5 Å². The molecule has 0 spiro atoms. The van der Waals surface area contributed by atoms with Crippen molar-refractivity contribution in [2.45, 2.75) is 51.7 Å². The van der Waals surface area contributed by atoms with Crippen molar-refractivity contribution in [1.82, 2.24) is 0 Å². The molecule has 30 heavy (non-hydrogen) atoms. The molecular formula is C23H25Cl2NO4. The zero-order valence-corrected chi connectivity index (χ0v) is 18.6. The Morgan fingerprint density at radius 1 is 1.10 bits per heavy atom. The van der Waals surface area contributed by atoms with E-state index in [1.165, 1.54) is 17.9 Å². The number of aliphatic hydroxyl groups is 1. The molecule has 1 unspecified atom stereocenters. The largest absolute Gasteiger partial charge is 0.494 e. The Hall–Kier alpha value is -2.08. The lowest BCUT2D eigenvalue weighted by atomic mass is 9.90. The second kappa shape index (κ2) is 9.38. The topological polar surface area (TPSA) is 66.8 Å². The van der Waals surface area contributed by atoms with Crippen molar-refractivity contribution in [3.05, 3.63) is 57.6 Å². The number of rotatable bonds is 9. The molecule has 2 aromatic rings. The summed E-state index contributed by atoms with van der Waals surface area (Å²) in [7, 11) is 0. The van der Waals surface area contributed by atoms with Crippen LogP contribution in [-0.2, 0) is 21.7 Å². The first-order chi connectivity index (χ1) is 14.3. The number of anilines is 1. The molecule has 160 valence electrons. The van der Waals surface area contributed by atoms with Crippen molar-refractivity contribution in [1.29, 1.82) is 0 Å². The molecule has 7 heteroatoms. The van der Waals surface area contributed by atoms with Gasteiger partial charge in [-0.25, -0.2) is 0 Å². The number of fused-ring (bicyclic) bond motifs is 1. The minimum absolute atomic E-state index is 0.183. The molecule has 0 bridgehead atoms. The Kier molecular flexibility index (Phi) is 7.06. The fourth-order valence-corrected chi connectivity index (χ4v) is 4.29. The minimum Gasteiger partial charge on any atom is -0.494 e. The molecule has 0 radical (unpaired) electrons. The Morgan fingerprint density at radius 2 is 1.77 bits per heavy atom. The maximum absolute atomic E-state index is 13.2. The first-order valence-corrected chi connectivity index (χ1v) is 10.8. The van der Waals surface area contributed by atoms with Gasteiger partial charge in [0.1, 0.15) is 11.5 Å². The van der Waals surface area contributed by atoms with Crippen LogP contribution in [0, 0.1) is 0 Å². The second-order valence-electron chi connectivity index (χ2n) is 7.58. The molecule has 1 amide bonds. The number of carbonyl (C=O) groups is 2. The van der Waals surface area contributed by atoms with Crippen LogP contribution in [0.15, 0.2) is 36.4 Å². The van der Waals surface area contributed by atoms with E-state index in [2.05, 4.69) is 6.92 Å². The third-order valence-electron chi connectivity index (χ3n) is 5.15. The normalized spacial score (nSPS) is 17.9. The monoisotopic (exact) mass is 449 g/mol. The van der Waals surface area contributed by atoms with E-state index in [9.17, 15) is 14.7 Å². The molecule has 0 fully saturated rings. The van der Waals surface area contributed by atoms with Crippen molar-refractivity contribution in [3.63, 3.8) is 0 Å². The van der Waals surface area contributed by atoms with Gasteiger partial charge in [0.15, 0.2) is 5.60 Å². The smallest absolute Gasteiger partial charge is 0.264 e. The van der Waals surface area contributed by atoms with Gasteiger partial charge in [-0.2, -0.15) is 0 Å². The summed E-state index contributed by atoms with van der Waals surface area (Å²) in [5, 5.41) is 11.6. The number of carbonyl (C=O) groups excluding carboxylic acids is 2. The summed E-state index contributed by atoms with van der Waals surface area (Å²) in [6, 6.07) is 10.5. The highest BCUT2D eigenvalue weighted by Gasteiger charge is 2.52. The van der Waals surface area contributed by atoms with E-state index < -0.39 is 11.5 Å². The molecule has 0 saturated carbocycles. The summed E-state index contributed by atoms with van der Waals surface area (Å²) >= 11 is 12.7. The van der Waals surface area contributed by atoms with Gasteiger partial charge in [-0.1, -0.05) is 55.1 Å². The first kappa shape index (κ1) is 22.6. The van der Waals surface area contributed by atoms with E-state index >= 15 is 0 Å². The van der Waals surface area contributed by atoms with Gasteiger partial charge in [0.25, 0.3) is 5.91 Å². The molecule has 0 saturated heterocycles. The third kappa shape index (κ3) is 4.48. The van der Waals surface area contributed by atoms with Crippen molar-refractivity contribution in [3.8, 4) is 5.75 Å². The minimum atomic E-state index is -2.02. The molecule has 0 aliphatic carbocycles. The average molecular weight is 450 g/mol. The SMILES string of the molecule is CCCCCOc1ccc(CN2C(=O)C(O)(CC(C)=O)c3c(Cl)ccc(Cl)c32)cc1. The van der Waals surface area contributed by atoms with Gasteiger partial charge in [-0.15, -0.1) is 0 Å². The fraction of sp³-hybridized carbons (Fsp3) is 0.391. The molecule has 1 atom stereocenters. The van der Waals surface area contributed by atoms with Gasteiger partial charge in [0.2, 0.25) is 0 Å². The van der Waals surface area contributed by atoms with Crippen LogP contribution in [0.2, 0.25) is 10.0 Å². The summed E-state index contributed by atoms with van der Waals surface area (Å²) in [5.41, 5.74) is -0.658. The number of hydrogen-bond donors (Lipinski definition) is 1. The summed E-state index contributed by atoms with van der Waals surface area (Å²) in [5.74, 6) is -0.168. The highest BCUT2D eigenvalue weighted by Crippen LogP contribution is 2.50. The van der Waals surface area contributed by atoms with Gasteiger partial charge >= 0.3 is 0 Å². The van der Waals surface area contributed by atoms with Crippen LogP contribution in [-0.4, -0.2) is 23.4 Å². The van der Waals surface area contributed by atoms with E-state index in [1.54, 1.807) is 6.07 Å². The molecule has 3 rings (SSSR count). The number of Topliss-reactive ketones (excluding diaryl/α,β-unsaturated/α-hetero) is 1. The van der Waals surface area contributed by atoms with Crippen molar-refractivity contribution >= 4 is 40.6 Å². The lowest BCUT2D eigenvalue weighted by Crippen LogP contribution is -2.41. The van der Waals surface area contributed by atoms with E-state index in [0.29, 0.717) is 12.3 Å². The van der Waals surface area contributed by atoms with E-state index in [0.717, 1.165) is 30.6 Å². The van der Waals surface area contributed by atoms with Crippen LogP contribution in [0.1, 0.15) is 50.7 Å². The van der Waals surface area contributed by atoms with Crippen LogP contribution in [0.5, 0.6) is 5.75 Å². The maximum atomic E-state index is 13.2. The lowest BCUT2D eigenvalue weighted by Gasteiger charge is -2.22. The highest BCUT2D eigenvalue weighted by atomic mass is 35.5. The van der Waals surface area contributed by atoms with Gasteiger partial charge in [0.05, 0.1) is 23.9 Å². The summed E-state index contributed by atoms with van der Waals surface area (Å²) in [6.45, 7) is 4.31. The lowest BCUT2D eigenvalue weighted by molar-refractivity contribution is -0.141. The number of amides is 1. The molecular weight excluding hydrogens is 425 g/mol. The van der Waals surface area contributed by atoms with Gasteiger partial charge < -0.3 is 14.7 Å². The first-order valence-electron chi connectivity index (χ1n) is 10.0. The summed E-state index contributed by atoms with van der Waals surface area (Å²) in [4.78, 5) is 26.3. The second-order valence-corrected chi connectivity index (χ2v) is 8.40. The van der Waals surface area contributed by atoms with Crippen LogP contribution in [0.25, 0.3) is 0 Å². The number of nitrogens with zero attached hydrogens (tertiary/aromatic N) is 1. The summed E-state index contributed by atoms with van der Waals surface area (Å²) in [6.07, 6.45) is 2.91. The quantitative estimate of drug-likeness (QED) is 0.529. The maximum Gasteiger partial charge on any atom is 0.264 e. The Bertz CT molecular complexity index is 945. The van der Waals surface area contributed by atoms with Crippen molar-refractivity contribution in [2.24, 2.45) is 0 Å². The van der Waals surface area contributed by atoms with Crippen LogP contribution < -0.4 is 9.64 Å². The van der Waals surface area contributed by atoms with E-state index in [-0.39, 0.29) is 34.4 Å². The van der Waals surface area contributed by atoms with Crippen LogP contribution in [0.4, 0.5) is 5.69 Å². The van der Waals surface area contributed by atoms with Crippen LogP contribution in [0.3, 0.4) is 0 Å². The fourth-order valence-electron chi connectivity index (χ4n) is 3.72. The zero-order chi connectivity index (χ0) is 21.9. The van der Waals surface area contributed by atoms with Gasteiger partial charge in [-0.3, -0.25) is 9.59 Å². The van der Waals surface area contributed by atoms with E-state index in [4.69, 9.17) is 27.9 Å². The molecule has 0 aromatic heterocycles. The zero-order valence-electron chi connectivity index (χ0n) is 17.1. The molecule has 1 aliphatic rings. The average Bonchev–Trinajstić information content (AvgIpc) is 2.91. The Balaban J connectivity index is 1.86. The third-order valence-corrected chi connectivity index (χ3v) is 5.77. The van der Waals surface area contributed by atoms with Crippen molar-refractivity contribution < 1.29 is 19.4 Å². The number of benzene rings is 2. The predicted molar refractivity (Wildman–Crippen MR) is 118 cm³/mol. The molecule has 1 N–H and O–H groups in total. The predicted octanol–water partition coefficient (Wildman–Crippen LogP) is 5.28. The molecule has 1 aliphatic heterocycles. The molecule has 5 nitrogen and oxygen atoms in total. The standard InChI is InChI=1S/C23H25Cl2NO4/c1-3-4-5-12-30-17-8-6-16(7-9-17)14-26-21-19(25)11-10-18(24)20(21)23(29,22(26)28)13-15(2)27/h6-11,29H,3-5,12-14H2,1-2H3. The number of ether oxygens (including phenoxy) is 1. The number of hydrogen-bond acceptors (Lipinski definition) is 4. The Labute approximate surface area is 186 Å². The van der Waals surface area contributed by atoms with Gasteiger partial charge in [-0.05, 0) is 43.2 Å². The highest BCUT2D eigenvalue weighted by molar-refractivity contribution is 6.38. The van der Waals surface area contributed by atoms with Crippen LogP contribution >= 0.6 is 23.2 Å². The number of ketones is 1. The van der Waals surface area contributed by atoms with E-state index in [1.807, 2.05) is 24.3 Å². The number of halogens is 2. The summed E-state index contributed by atoms with van der Waals surface area (Å²) < 4.78 is 5.73. The Morgan fingerprint density at radius 3 is 2.40 bits per heavy atom. The van der Waals surface area contributed by atoms with Gasteiger partial charge in [0, 0.05) is 17.0 Å². The molecule has 2 aromatic carbocycles. The molecule has 1 heterocycles. The number of unbranched alkanes of at least 4 members (excludes halogenated alkanes) is 2.